The molecular formula is C40H53ClN4O9. The van der Waals surface area contributed by atoms with Gasteiger partial charge in [-0.25, -0.2) is 9.59 Å². The number of halogens is 1. The van der Waals surface area contributed by atoms with Crippen LogP contribution in [0.25, 0.3) is 0 Å². The summed E-state index contributed by atoms with van der Waals surface area (Å²) in [7, 11) is 1.50. The van der Waals surface area contributed by atoms with Crippen LogP contribution in [0.2, 0.25) is 5.02 Å². The second kappa shape index (κ2) is 17.7. The summed E-state index contributed by atoms with van der Waals surface area (Å²) in [6.07, 6.45) is 0.997. The van der Waals surface area contributed by atoms with E-state index in [1.165, 1.54) is 13.2 Å². The summed E-state index contributed by atoms with van der Waals surface area (Å²) in [4.78, 5) is 65.9. The lowest BCUT2D eigenvalue weighted by atomic mass is 9.82. The average molecular weight is 769 g/mol. The van der Waals surface area contributed by atoms with E-state index in [0.717, 1.165) is 11.1 Å². The van der Waals surface area contributed by atoms with Crippen molar-refractivity contribution in [2.45, 2.75) is 111 Å². The summed E-state index contributed by atoms with van der Waals surface area (Å²) in [5.74, 6) is -1.96. The summed E-state index contributed by atoms with van der Waals surface area (Å²) >= 11 is 6.36. The lowest BCUT2D eigenvalue weighted by Gasteiger charge is -2.35. The second-order valence-electron chi connectivity index (χ2n) is 15.9. The van der Waals surface area contributed by atoms with Gasteiger partial charge in [0, 0.05) is 31.3 Å². The van der Waals surface area contributed by atoms with Crippen LogP contribution in [0.15, 0.2) is 54.6 Å². The van der Waals surface area contributed by atoms with Crippen LogP contribution >= 0.6 is 11.6 Å². The third-order valence-electron chi connectivity index (χ3n) is 10.0. The molecule has 2 aromatic carbocycles. The molecule has 5 N–H and O–H groups in total. The monoisotopic (exact) mass is 768 g/mol. The van der Waals surface area contributed by atoms with Gasteiger partial charge in [0.05, 0.1) is 23.7 Å². The number of cyclic esters (lactones) is 1. The molecule has 0 aliphatic carbocycles. The van der Waals surface area contributed by atoms with E-state index in [1.807, 2.05) is 52.0 Å². The van der Waals surface area contributed by atoms with E-state index in [0.29, 0.717) is 16.3 Å². The molecule has 2 aliphatic heterocycles. The maximum absolute atomic E-state index is 14.0. The van der Waals surface area contributed by atoms with Crippen LogP contribution in [-0.2, 0) is 41.6 Å². The fraction of sp³-hybridized carbons (Fsp3) is 0.525. The van der Waals surface area contributed by atoms with Crippen LogP contribution in [-0.4, -0.2) is 72.3 Å². The van der Waals surface area contributed by atoms with E-state index in [9.17, 15) is 24.0 Å². The number of ether oxygens (including phenoxy) is 3. The van der Waals surface area contributed by atoms with Crippen LogP contribution in [0.4, 0.5) is 4.79 Å². The first-order chi connectivity index (χ1) is 25.3. The Morgan fingerprint density at radius 2 is 1.70 bits per heavy atom. The third-order valence-corrected chi connectivity index (χ3v) is 10.3. The summed E-state index contributed by atoms with van der Waals surface area (Å²) in [6.45, 7) is 13.0. The highest BCUT2D eigenvalue weighted by Crippen LogP contribution is 2.45. The second-order valence-corrected chi connectivity index (χ2v) is 16.3. The molecule has 13 nitrogen and oxygen atoms in total. The minimum absolute atomic E-state index is 0.108. The maximum atomic E-state index is 14.0. The van der Waals surface area contributed by atoms with Crippen molar-refractivity contribution in [3.8, 4) is 5.75 Å². The summed E-state index contributed by atoms with van der Waals surface area (Å²) in [5.41, 5.74) is 0.813. The predicted octanol–water partition coefficient (Wildman–Crippen LogP) is 5.24. The van der Waals surface area contributed by atoms with Gasteiger partial charge in [-0.2, -0.15) is 0 Å². The van der Waals surface area contributed by atoms with E-state index in [4.69, 9.17) is 30.9 Å². The van der Waals surface area contributed by atoms with Crippen molar-refractivity contribution in [3.05, 3.63) is 76.3 Å². The molecule has 14 heteroatoms. The SMILES string of the molecule is COc1ccc(C[C@H]2NC(=O)/C=C/C[C@@H]([C@H](C)[C@H]3O[C@@H]3c3ccc(CNC(=O)O)cc3)OC(=O)[C@H](CC(C)(C)C)NC(=O)C(C)(C)[C@H](C)NC2=O)cc1Cl. The highest BCUT2D eigenvalue weighted by atomic mass is 35.5. The first-order valence-corrected chi connectivity index (χ1v) is 18.5. The Balaban J connectivity index is 1.63. The molecule has 0 unspecified atom stereocenters. The standard InChI is InChI=1S/C40H53ClN4O9/c1-22(33-34(54-33)26-15-12-24(13-16-26)21-42-38(50)51)30-10-9-11-32(46)44-28(19-25-14-17-31(52-8)27(41)18-25)35(47)43-23(2)40(6,7)37(49)45-29(36(48)53-30)20-39(3,4)5/h9,11-18,22-23,28-30,33-34,42H,10,19-21H2,1-8H3,(H,43,47)(H,44,46)(H,45,49)(H,50,51)/b11-9+/t22-,23-,28+,29-,30-,33+,34+/m0/s1. The van der Waals surface area contributed by atoms with Gasteiger partial charge in [-0.1, -0.05) is 75.7 Å². The van der Waals surface area contributed by atoms with E-state index in [-0.39, 0.29) is 49.3 Å². The molecule has 0 bridgehead atoms. The van der Waals surface area contributed by atoms with Gasteiger partial charge in [-0.05, 0) is 67.5 Å². The molecule has 0 saturated carbocycles. The number of esters is 1. The molecule has 1 saturated heterocycles. The Kier molecular flexibility index (Phi) is 13.8. The molecule has 294 valence electrons. The summed E-state index contributed by atoms with van der Waals surface area (Å²) in [5, 5.41) is 20.2. The summed E-state index contributed by atoms with van der Waals surface area (Å²) in [6, 6.07) is 9.77. The van der Waals surface area contributed by atoms with Gasteiger partial charge in [0.1, 0.15) is 30.0 Å². The zero-order valence-electron chi connectivity index (χ0n) is 32.2. The van der Waals surface area contributed by atoms with Gasteiger partial charge in [-0.15, -0.1) is 0 Å². The van der Waals surface area contributed by atoms with Crippen LogP contribution < -0.4 is 26.0 Å². The zero-order chi connectivity index (χ0) is 40.0. The number of hydrogen-bond acceptors (Lipinski definition) is 8. The Labute approximate surface area is 321 Å². The van der Waals surface area contributed by atoms with Crippen LogP contribution in [0.5, 0.6) is 5.75 Å². The van der Waals surface area contributed by atoms with Crippen LogP contribution in [0, 0.1) is 16.7 Å². The smallest absolute Gasteiger partial charge is 0.404 e. The molecule has 7 atom stereocenters. The highest BCUT2D eigenvalue weighted by molar-refractivity contribution is 6.32. The highest BCUT2D eigenvalue weighted by Gasteiger charge is 2.48. The zero-order valence-corrected chi connectivity index (χ0v) is 32.9. The number of carbonyl (C=O) groups excluding carboxylic acids is 4. The predicted molar refractivity (Wildman–Crippen MR) is 203 cm³/mol. The third kappa shape index (κ3) is 11.4. The molecule has 0 aromatic heterocycles. The number of methoxy groups -OCH3 is 1. The maximum Gasteiger partial charge on any atom is 0.404 e. The Hall–Kier alpha value is -4.62. The molecule has 4 rings (SSSR count). The van der Waals surface area contributed by atoms with Crippen molar-refractivity contribution in [1.29, 1.82) is 0 Å². The average Bonchev–Trinajstić information content (AvgIpc) is 3.89. The number of hydrogen-bond donors (Lipinski definition) is 5. The van der Waals surface area contributed by atoms with Crippen molar-refractivity contribution in [2.75, 3.05) is 7.11 Å². The van der Waals surface area contributed by atoms with Crippen molar-refractivity contribution in [3.63, 3.8) is 0 Å². The lowest BCUT2D eigenvalue weighted by molar-refractivity contribution is -0.157. The molecule has 2 aromatic rings. The van der Waals surface area contributed by atoms with Crippen LogP contribution in [0.1, 0.15) is 84.1 Å². The molecule has 0 radical (unpaired) electrons. The molecule has 2 aliphatic rings. The number of benzene rings is 2. The molecule has 4 amide bonds. The number of epoxide rings is 1. The van der Waals surface area contributed by atoms with Crippen molar-refractivity contribution >= 4 is 41.4 Å². The number of rotatable bonds is 9. The molecule has 1 fully saturated rings. The van der Waals surface area contributed by atoms with E-state index < -0.39 is 59.4 Å². The molecule has 0 spiro atoms. The number of nitrogens with one attached hydrogen (secondary N) is 4. The molecular weight excluding hydrogens is 716 g/mol. The summed E-state index contributed by atoms with van der Waals surface area (Å²) < 4.78 is 17.5. The Morgan fingerprint density at radius 3 is 2.31 bits per heavy atom. The van der Waals surface area contributed by atoms with E-state index >= 15 is 0 Å². The van der Waals surface area contributed by atoms with Gasteiger partial charge in [0.2, 0.25) is 17.7 Å². The fourth-order valence-electron chi connectivity index (χ4n) is 6.26. The topological polar surface area (TPSA) is 185 Å². The van der Waals surface area contributed by atoms with Crippen molar-refractivity contribution < 1.29 is 43.3 Å². The lowest BCUT2D eigenvalue weighted by Crippen LogP contribution is -2.58. The fourth-order valence-corrected chi connectivity index (χ4v) is 6.54. The van der Waals surface area contributed by atoms with Gasteiger partial charge >= 0.3 is 12.1 Å². The number of carbonyl (C=O) groups is 5. The molecule has 2 heterocycles. The minimum Gasteiger partial charge on any atom is -0.495 e. The molecule has 54 heavy (non-hydrogen) atoms. The Morgan fingerprint density at radius 1 is 1.04 bits per heavy atom. The first kappa shape index (κ1) is 42.1. The van der Waals surface area contributed by atoms with Gasteiger partial charge in [-0.3, -0.25) is 14.4 Å². The normalized spacial score (nSPS) is 26.3. The largest absolute Gasteiger partial charge is 0.495 e. The number of carboxylic acid groups (broad SMARTS) is 1. The van der Waals surface area contributed by atoms with Crippen molar-refractivity contribution in [1.82, 2.24) is 21.3 Å². The Bertz CT molecular complexity index is 1720. The van der Waals surface area contributed by atoms with Gasteiger partial charge in [0.15, 0.2) is 0 Å². The minimum atomic E-state index is -1.18. The van der Waals surface area contributed by atoms with Gasteiger partial charge in [0.25, 0.3) is 0 Å². The van der Waals surface area contributed by atoms with E-state index in [2.05, 4.69) is 21.3 Å². The van der Waals surface area contributed by atoms with Gasteiger partial charge < -0.3 is 40.6 Å². The number of amides is 4. The first-order valence-electron chi connectivity index (χ1n) is 18.1. The van der Waals surface area contributed by atoms with Crippen LogP contribution in [0.3, 0.4) is 0 Å². The van der Waals surface area contributed by atoms with E-state index in [1.54, 1.807) is 45.0 Å². The van der Waals surface area contributed by atoms with Crippen molar-refractivity contribution in [2.24, 2.45) is 16.7 Å². The quantitative estimate of drug-likeness (QED) is 0.168.